The number of terminal acetylenes is 1. The molecule has 0 aliphatic carbocycles. The minimum atomic E-state index is -0.480. The second-order valence-corrected chi connectivity index (χ2v) is 2.39. The van der Waals surface area contributed by atoms with Gasteiger partial charge in [0.25, 0.3) is 11.8 Å². The predicted octanol–water partition coefficient (Wildman–Crippen LogP) is -0.507. The Balaban J connectivity index is 2.16. The van der Waals surface area contributed by atoms with E-state index in [4.69, 9.17) is 16.0 Å². The molecule has 1 aliphatic heterocycles. The molecule has 0 bridgehead atoms. The molecule has 0 saturated heterocycles. The van der Waals surface area contributed by atoms with E-state index in [9.17, 15) is 9.59 Å². The first-order valence-electron chi connectivity index (χ1n) is 3.96. The van der Waals surface area contributed by atoms with Gasteiger partial charge in [-0.25, -0.2) is 0 Å². The SMILES string of the molecule is C#CCOCCON1C(=O)C=CC1=O. The molecule has 0 aromatic heterocycles. The number of ether oxygens (including phenoxy) is 1. The van der Waals surface area contributed by atoms with Gasteiger partial charge in [0.05, 0.1) is 13.2 Å². The fourth-order valence-electron chi connectivity index (χ4n) is 0.832. The van der Waals surface area contributed by atoms with Crippen molar-refractivity contribution in [3.8, 4) is 12.3 Å². The Bertz CT molecular complexity index is 284. The van der Waals surface area contributed by atoms with Gasteiger partial charge in [-0.2, -0.15) is 0 Å². The lowest BCUT2D eigenvalue weighted by Gasteiger charge is -2.12. The van der Waals surface area contributed by atoms with Gasteiger partial charge in [0.2, 0.25) is 0 Å². The van der Waals surface area contributed by atoms with Crippen molar-refractivity contribution < 1.29 is 19.2 Å². The number of carbonyl (C=O) groups is 2. The van der Waals surface area contributed by atoms with E-state index in [1.807, 2.05) is 0 Å². The Labute approximate surface area is 81.2 Å². The highest BCUT2D eigenvalue weighted by atomic mass is 16.7. The second-order valence-electron chi connectivity index (χ2n) is 2.39. The Morgan fingerprint density at radius 3 is 2.50 bits per heavy atom. The number of amides is 2. The Hall–Kier alpha value is -1.64. The molecule has 0 fully saturated rings. The molecule has 5 nitrogen and oxygen atoms in total. The molecule has 1 aliphatic rings. The fraction of sp³-hybridized carbons (Fsp3) is 0.333. The summed E-state index contributed by atoms with van der Waals surface area (Å²) in [6.07, 6.45) is 7.22. The van der Waals surface area contributed by atoms with E-state index < -0.39 is 11.8 Å². The third-order valence-corrected chi connectivity index (χ3v) is 1.40. The molecule has 0 aromatic rings. The quantitative estimate of drug-likeness (QED) is 0.337. The van der Waals surface area contributed by atoms with Crippen molar-refractivity contribution in [1.82, 2.24) is 5.06 Å². The Morgan fingerprint density at radius 2 is 1.93 bits per heavy atom. The van der Waals surface area contributed by atoms with Gasteiger partial charge in [-0.15, -0.1) is 11.5 Å². The minimum absolute atomic E-state index is 0.112. The topological polar surface area (TPSA) is 55.8 Å². The first-order valence-corrected chi connectivity index (χ1v) is 3.96. The van der Waals surface area contributed by atoms with E-state index in [1.165, 1.54) is 0 Å². The first kappa shape index (κ1) is 10.4. The highest BCUT2D eigenvalue weighted by Gasteiger charge is 2.24. The van der Waals surface area contributed by atoms with Crippen LogP contribution in [0.2, 0.25) is 0 Å². The number of rotatable bonds is 5. The van der Waals surface area contributed by atoms with E-state index in [0.29, 0.717) is 5.06 Å². The summed E-state index contributed by atoms with van der Waals surface area (Å²) in [6, 6.07) is 0. The summed E-state index contributed by atoms with van der Waals surface area (Å²) in [7, 11) is 0. The number of hydroxylamine groups is 2. The molecule has 1 rings (SSSR count). The van der Waals surface area contributed by atoms with Crippen LogP contribution in [0.25, 0.3) is 0 Å². The molecule has 1 heterocycles. The van der Waals surface area contributed by atoms with Crippen LogP contribution in [-0.2, 0) is 19.2 Å². The van der Waals surface area contributed by atoms with Gasteiger partial charge in [-0.1, -0.05) is 5.92 Å². The van der Waals surface area contributed by atoms with E-state index in [1.54, 1.807) is 0 Å². The van der Waals surface area contributed by atoms with Gasteiger partial charge in [-0.05, 0) is 0 Å². The van der Waals surface area contributed by atoms with Crippen molar-refractivity contribution in [3.63, 3.8) is 0 Å². The molecule has 74 valence electrons. The van der Waals surface area contributed by atoms with Crippen molar-refractivity contribution in [1.29, 1.82) is 0 Å². The summed E-state index contributed by atoms with van der Waals surface area (Å²) < 4.78 is 4.88. The normalized spacial score (nSPS) is 14.9. The maximum atomic E-state index is 10.9. The molecule has 0 spiro atoms. The van der Waals surface area contributed by atoms with E-state index >= 15 is 0 Å². The average Bonchev–Trinajstić information content (AvgIpc) is 2.48. The fourth-order valence-corrected chi connectivity index (χ4v) is 0.832. The van der Waals surface area contributed by atoms with Crippen molar-refractivity contribution in [2.45, 2.75) is 0 Å². The van der Waals surface area contributed by atoms with Crippen molar-refractivity contribution in [2.24, 2.45) is 0 Å². The third-order valence-electron chi connectivity index (χ3n) is 1.40. The van der Waals surface area contributed by atoms with Gasteiger partial charge in [-0.3, -0.25) is 14.4 Å². The standard InChI is InChI=1S/C9H9NO4/c1-2-5-13-6-7-14-10-8(11)3-4-9(10)12/h1,3-4H,5-7H2. The molecule has 0 atom stereocenters. The summed E-state index contributed by atoms with van der Waals surface area (Å²) in [6.45, 7) is 0.533. The summed E-state index contributed by atoms with van der Waals surface area (Å²) in [5.41, 5.74) is 0. The van der Waals surface area contributed by atoms with Crippen LogP contribution in [0.15, 0.2) is 12.2 Å². The molecule has 0 radical (unpaired) electrons. The maximum absolute atomic E-state index is 10.9. The number of nitrogens with zero attached hydrogens (tertiary/aromatic N) is 1. The van der Waals surface area contributed by atoms with Crippen LogP contribution >= 0.6 is 0 Å². The van der Waals surface area contributed by atoms with E-state index in [2.05, 4.69) is 5.92 Å². The Morgan fingerprint density at radius 1 is 1.29 bits per heavy atom. The van der Waals surface area contributed by atoms with Crippen LogP contribution < -0.4 is 0 Å². The lowest BCUT2D eigenvalue weighted by atomic mass is 10.6. The summed E-state index contributed by atoms with van der Waals surface area (Å²) in [5, 5.41) is 0.680. The number of carbonyl (C=O) groups excluding carboxylic acids is 2. The largest absolute Gasteiger partial charge is 0.366 e. The molecule has 0 saturated carbocycles. The van der Waals surface area contributed by atoms with Gasteiger partial charge in [0.1, 0.15) is 6.61 Å². The zero-order valence-corrected chi connectivity index (χ0v) is 7.43. The van der Waals surface area contributed by atoms with Crippen LogP contribution in [0, 0.1) is 12.3 Å². The molecule has 0 aromatic carbocycles. The molecule has 2 amide bonds. The molecule has 0 unspecified atom stereocenters. The summed E-state index contributed by atoms with van der Waals surface area (Å²) in [5.74, 6) is 1.32. The van der Waals surface area contributed by atoms with Crippen LogP contribution in [0.4, 0.5) is 0 Å². The number of hydrogen-bond donors (Lipinski definition) is 0. The van der Waals surface area contributed by atoms with Gasteiger partial charge in [0.15, 0.2) is 0 Å². The average molecular weight is 195 g/mol. The zero-order chi connectivity index (χ0) is 10.4. The van der Waals surface area contributed by atoms with E-state index in [-0.39, 0.29) is 19.8 Å². The number of hydrogen-bond acceptors (Lipinski definition) is 4. The third kappa shape index (κ3) is 2.69. The summed E-state index contributed by atoms with van der Waals surface area (Å²) >= 11 is 0. The predicted molar refractivity (Wildman–Crippen MR) is 46.6 cm³/mol. The molecule has 5 heteroatoms. The summed E-state index contributed by atoms with van der Waals surface area (Å²) in [4.78, 5) is 26.7. The van der Waals surface area contributed by atoms with Crippen LogP contribution in [0.5, 0.6) is 0 Å². The smallest absolute Gasteiger partial charge is 0.277 e. The molecule has 14 heavy (non-hydrogen) atoms. The Kier molecular flexibility index (Phi) is 3.85. The van der Waals surface area contributed by atoms with Crippen LogP contribution in [0.3, 0.4) is 0 Å². The highest BCUT2D eigenvalue weighted by Crippen LogP contribution is 2.03. The molecular formula is C9H9NO4. The first-order chi connectivity index (χ1) is 6.75. The monoisotopic (exact) mass is 195 g/mol. The van der Waals surface area contributed by atoms with Crippen molar-refractivity contribution >= 4 is 11.8 Å². The molecular weight excluding hydrogens is 186 g/mol. The zero-order valence-electron chi connectivity index (χ0n) is 7.43. The highest BCUT2D eigenvalue weighted by molar-refractivity contribution is 6.11. The van der Waals surface area contributed by atoms with Crippen molar-refractivity contribution in [2.75, 3.05) is 19.8 Å². The van der Waals surface area contributed by atoms with Gasteiger partial charge >= 0.3 is 0 Å². The lowest BCUT2D eigenvalue weighted by molar-refractivity contribution is -0.188. The van der Waals surface area contributed by atoms with Crippen LogP contribution in [0.1, 0.15) is 0 Å². The van der Waals surface area contributed by atoms with Crippen LogP contribution in [-0.4, -0.2) is 36.7 Å². The van der Waals surface area contributed by atoms with Gasteiger partial charge in [0, 0.05) is 12.2 Å². The van der Waals surface area contributed by atoms with Crippen molar-refractivity contribution in [3.05, 3.63) is 12.2 Å². The second kappa shape index (κ2) is 5.17. The van der Waals surface area contributed by atoms with Gasteiger partial charge < -0.3 is 4.74 Å². The number of imide groups is 1. The minimum Gasteiger partial charge on any atom is -0.366 e. The van der Waals surface area contributed by atoms with E-state index in [0.717, 1.165) is 12.2 Å². The maximum Gasteiger partial charge on any atom is 0.277 e. The molecule has 0 N–H and O–H groups in total. The lowest BCUT2D eigenvalue weighted by Crippen LogP contribution is -2.31.